The molecule has 30 aliphatic heterocycles. The van der Waals surface area contributed by atoms with E-state index < -0.39 is 297 Å². The first kappa shape index (κ1) is 101. The molecule has 30 fully saturated rings. The summed E-state index contributed by atoms with van der Waals surface area (Å²) in [6.45, 7) is 3.48. The van der Waals surface area contributed by atoms with Crippen LogP contribution in [0.1, 0.15) is 97.8 Å². The zero-order valence-electron chi connectivity index (χ0n) is 67.5. The van der Waals surface area contributed by atoms with Crippen molar-refractivity contribution in [1.82, 2.24) is 21.3 Å². The van der Waals surface area contributed by atoms with Crippen molar-refractivity contribution in [3.63, 3.8) is 0 Å². The average molecular weight is 1760 g/mol. The van der Waals surface area contributed by atoms with Gasteiger partial charge < -0.3 is 220 Å². The van der Waals surface area contributed by atoms with Gasteiger partial charge in [0.1, 0.15) is 202 Å². The number of ether oxygens (including phenoxy) is 17. The fraction of sp³-hybridized carbons (Fsp3) is 0.932. The number of aliphatic hydroxyl groups is 22. The third-order valence-electron chi connectivity index (χ3n) is 23.0. The number of rotatable bonds is 33. The maximum absolute atomic E-state index is 12.6. The van der Waals surface area contributed by atoms with Crippen LogP contribution in [0.15, 0.2) is 12.3 Å². The molecule has 30 aliphatic rings. The predicted octanol–water partition coefficient (Wildman–Crippen LogP) is -13.2. The summed E-state index contributed by atoms with van der Waals surface area (Å²) in [6.07, 6.45) is -72.5. The summed E-state index contributed by atoms with van der Waals surface area (Å²) in [5.41, 5.74) is 6.06. The zero-order chi connectivity index (χ0) is 88.4. The summed E-state index contributed by atoms with van der Waals surface area (Å²) >= 11 is 0. The maximum Gasteiger partial charge on any atom is 0.246 e. The molecular formula is C74H129N5O42. The van der Waals surface area contributed by atoms with E-state index in [1.54, 1.807) is 0 Å². The van der Waals surface area contributed by atoms with Crippen LogP contribution >= 0.6 is 0 Å². The Morgan fingerprint density at radius 2 is 0.628 bits per heavy atom. The largest absolute Gasteiger partial charge is 0.394 e. The molecule has 0 aromatic rings. The average Bonchev–Trinajstić information content (AvgIpc) is 0.766. The van der Waals surface area contributed by atoms with E-state index >= 15 is 0 Å². The SMILES string of the molecule is C=C(COCC(=O)NCCCCC(NC(=O)C(C)CCCCC)C(N)=O)NCCCCCCNCC1OC2OC3C(CO)OC(OC4C(CO)OC(OC5C(CO)OC(OC6C(CO)OC(OC7C(CC)OC(OC8C(CO)OC(OC9C(CO)OC(OC1C(O)C2O)C(O)C9O)C(O)C8O)C(O)C7O)C(O)C6O)C(O)C5O)C(O)C4O)C(O)C3O. The van der Waals surface area contributed by atoms with Gasteiger partial charge in [0.25, 0.3) is 0 Å². The van der Waals surface area contributed by atoms with Gasteiger partial charge in [0, 0.05) is 31.2 Å². The molecule has 47 heteroatoms. The second-order valence-corrected chi connectivity index (χ2v) is 31.8. The Kier molecular flexibility index (Phi) is 40.2. The van der Waals surface area contributed by atoms with Crippen LogP contribution in [0.2, 0.25) is 0 Å². The molecule has 0 radical (unpaired) electrons. The summed E-state index contributed by atoms with van der Waals surface area (Å²) < 4.78 is 100. The molecule has 121 heavy (non-hydrogen) atoms. The van der Waals surface area contributed by atoms with E-state index in [0.717, 1.165) is 19.3 Å². The summed E-state index contributed by atoms with van der Waals surface area (Å²) in [5.74, 6) is -1.49. The van der Waals surface area contributed by atoms with Crippen LogP contribution in [-0.4, -0.2) is 461 Å². The van der Waals surface area contributed by atoms with Crippen LogP contribution in [0.3, 0.4) is 0 Å². The van der Waals surface area contributed by atoms with Crippen molar-refractivity contribution >= 4 is 17.7 Å². The topological polar surface area (TPSA) is 727 Å². The number of unbranched alkanes of at least 4 members (excludes halogenated alkanes) is 6. The molecule has 3 amide bonds. The Labute approximate surface area is 696 Å². The maximum atomic E-state index is 12.6. The van der Waals surface area contributed by atoms with Crippen molar-refractivity contribution in [3.05, 3.63) is 12.3 Å². The molecule has 0 saturated carbocycles. The van der Waals surface area contributed by atoms with E-state index in [9.17, 15) is 127 Å². The zero-order valence-corrected chi connectivity index (χ0v) is 67.5. The molecule has 30 heterocycles. The minimum Gasteiger partial charge on any atom is -0.394 e. The lowest BCUT2D eigenvalue weighted by atomic mass is 9.94. The van der Waals surface area contributed by atoms with Crippen LogP contribution in [0.25, 0.3) is 0 Å². The van der Waals surface area contributed by atoms with Gasteiger partial charge in [0.05, 0.1) is 52.4 Å². The third kappa shape index (κ3) is 25.3. The van der Waals surface area contributed by atoms with Gasteiger partial charge in [-0.1, -0.05) is 59.5 Å². The smallest absolute Gasteiger partial charge is 0.246 e. The van der Waals surface area contributed by atoms with E-state index in [0.29, 0.717) is 70.2 Å². The Hall–Kier alpha value is -3.65. The van der Waals surface area contributed by atoms with E-state index in [1.165, 1.54) is 6.92 Å². The molecule has 28 N–H and O–H groups in total. The van der Waals surface area contributed by atoms with Crippen LogP contribution in [-0.2, 0) is 94.9 Å². The van der Waals surface area contributed by atoms with Gasteiger partial charge in [-0.15, -0.1) is 0 Å². The fourth-order valence-electron chi connectivity index (χ4n) is 15.8. The van der Waals surface area contributed by atoms with Crippen LogP contribution in [0.4, 0.5) is 0 Å². The lowest BCUT2D eigenvalue weighted by Gasteiger charge is -2.50. The fourth-order valence-corrected chi connectivity index (χ4v) is 15.8. The molecule has 0 aliphatic carbocycles. The van der Waals surface area contributed by atoms with Gasteiger partial charge in [0.2, 0.25) is 17.7 Å². The molecule has 0 aromatic carbocycles. The van der Waals surface area contributed by atoms with Crippen molar-refractivity contribution in [2.75, 3.05) is 79.0 Å². The van der Waals surface area contributed by atoms with E-state index in [1.807, 2.05) is 6.92 Å². The van der Waals surface area contributed by atoms with Crippen molar-refractivity contribution < 1.29 is 207 Å². The second-order valence-electron chi connectivity index (χ2n) is 31.8. The molecule has 702 valence electrons. The number of hydrogen-bond acceptors (Lipinski definition) is 44. The van der Waals surface area contributed by atoms with E-state index in [2.05, 4.69) is 34.8 Å². The first-order chi connectivity index (χ1) is 57.8. The number of carbonyl (C=O) groups excluding carboxylic acids is 3. The standard InChI is InChI=1S/C74H129N5O42/c1-5-7-10-15-29(3)66(104)79-31(65(75)103)16-11-14-19-78-40(86)28-105-27-30(4)77-18-13-9-8-12-17-76-20-33-58-42(88)50(96)68(107-33)117-60-35(22-81)111-72(54(100)46(60)92)120-63-38(25-84)113-74(56(102)48(63)94)121-64-39(26-85)112-73(55(101)47(64)93)118-61-36(23-82)108-69(51(97)43(61)89)114-57-32(6-2)106-67(49(95)41(57)87)116-59-34(21-80)110-71(53(99)45(59)91)119-62-37(24-83)109-70(115-58)52(98)44(62)90/h29,31-39,41-64,67-74,76-77,80-85,87-102H,4-28H2,1-3H3,(H2,75,103)(H,78,86)(H,79,104). The van der Waals surface area contributed by atoms with Gasteiger partial charge >= 0.3 is 0 Å². The summed E-state index contributed by atoms with van der Waals surface area (Å²) in [4.78, 5) is 37.2. The number of aliphatic hydroxyl groups excluding tert-OH is 22. The summed E-state index contributed by atoms with van der Waals surface area (Å²) in [6, 6.07) is -0.824. The van der Waals surface area contributed by atoms with E-state index in [-0.39, 0.29) is 50.5 Å². The van der Waals surface area contributed by atoms with Crippen molar-refractivity contribution in [2.45, 2.75) is 350 Å². The van der Waals surface area contributed by atoms with Crippen LogP contribution < -0.4 is 27.0 Å². The molecular weight excluding hydrogens is 1630 g/mol. The van der Waals surface area contributed by atoms with Gasteiger partial charge in [-0.05, 0) is 51.5 Å². The van der Waals surface area contributed by atoms with Crippen molar-refractivity contribution in [2.24, 2.45) is 11.7 Å². The Morgan fingerprint density at radius 3 is 0.942 bits per heavy atom. The van der Waals surface area contributed by atoms with Crippen LogP contribution in [0.5, 0.6) is 0 Å². The minimum atomic E-state index is -2.26. The lowest BCUT2D eigenvalue weighted by molar-refractivity contribution is -0.403. The monoisotopic (exact) mass is 1760 g/mol. The first-order valence-corrected chi connectivity index (χ1v) is 41.4. The molecule has 30 saturated heterocycles. The highest BCUT2D eigenvalue weighted by Gasteiger charge is 2.61. The lowest BCUT2D eigenvalue weighted by Crippen LogP contribution is -2.69. The molecule has 0 spiro atoms. The Morgan fingerprint density at radius 1 is 0.347 bits per heavy atom. The van der Waals surface area contributed by atoms with Gasteiger partial charge in [-0.25, -0.2) is 0 Å². The highest BCUT2D eigenvalue weighted by molar-refractivity contribution is 5.87. The summed E-state index contributed by atoms with van der Waals surface area (Å²) in [7, 11) is 0. The molecule has 42 atom stereocenters. The van der Waals surface area contributed by atoms with E-state index in [4.69, 9.17) is 86.3 Å². The Balaban J connectivity index is 0.861. The molecule has 42 unspecified atom stereocenters. The second kappa shape index (κ2) is 48.1. The highest BCUT2D eigenvalue weighted by atomic mass is 16.8. The number of primary amides is 1. The number of carbonyl (C=O) groups is 3. The van der Waals surface area contributed by atoms with Gasteiger partial charge in [0.15, 0.2) is 50.3 Å². The highest BCUT2D eigenvalue weighted by Crippen LogP contribution is 2.40. The van der Waals surface area contributed by atoms with Gasteiger partial charge in [-0.2, -0.15) is 0 Å². The van der Waals surface area contributed by atoms with Crippen LogP contribution in [0, 0.1) is 5.92 Å². The van der Waals surface area contributed by atoms with Crippen molar-refractivity contribution in [3.8, 4) is 0 Å². The molecule has 16 bridgehead atoms. The number of amides is 3. The normalized spacial score (nSPS) is 43.8. The minimum absolute atomic E-state index is 0.0248. The summed E-state index contributed by atoms with van der Waals surface area (Å²) in [5, 5.41) is 262. The molecule has 47 nitrogen and oxygen atoms in total. The third-order valence-corrected chi connectivity index (χ3v) is 23.0. The van der Waals surface area contributed by atoms with Gasteiger partial charge in [-0.3, -0.25) is 14.4 Å². The Bertz CT molecular complexity index is 3070. The molecule has 0 aromatic heterocycles. The first-order valence-electron chi connectivity index (χ1n) is 41.4. The number of nitrogens with two attached hydrogens (primary N) is 1. The predicted molar refractivity (Wildman–Crippen MR) is 398 cm³/mol. The molecule has 30 rings (SSSR count). The number of nitrogens with one attached hydrogen (secondary N) is 4. The quantitative estimate of drug-likeness (QED) is 0.0271. The van der Waals surface area contributed by atoms with Crippen molar-refractivity contribution in [1.29, 1.82) is 0 Å². The number of hydrogen-bond donors (Lipinski definition) is 27.